The first-order valence-corrected chi connectivity index (χ1v) is 6.51. The van der Waals surface area contributed by atoms with E-state index in [0.717, 1.165) is 39.1 Å². The second-order valence-electron chi connectivity index (χ2n) is 4.80. The van der Waals surface area contributed by atoms with Gasteiger partial charge in [-0.25, -0.2) is 4.79 Å². The molecule has 0 spiro atoms. The van der Waals surface area contributed by atoms with Gasteiger partial charge in [0.2, 0.25) is 0 Å². The second kappa shape index (κ2) is 6.40. The van der Waals surface area contributed by atoms with E-state index in [-0.39, 0.29) is 6.03 Å². The lowest BCUT2D eigenvalue weighted by Crippen LogP contribution is -2.31. The van der Waals surface area contributed by atoms with Crippen molar-refractivity contribution in [3.8, 4) is 0 Å². The molecule has 98 valence electrons. The molecule has 0 atom stereocenters. The van der Waals surface area contributed by atoms with Crippen LogP contribution in [-0.2, 0) is 6.54 Å². The number of nitrogens with zero attached hydrogens (tertiary/aromatic N) is 2. The summed E-state index contributed by atoms with van der Waals surface area (Å²) in [6, 6.07) is 10.5. The molecule has 0 aromatic heterocycles. The molecule has 0 saturated carbocycles. The quantitative estimate of drug-likeness (QED) is 0.827. The van der Waals surface area contributed by atoms with E-state index in [1.54, 1.807) is 0 Å². The van der Waals surface area contributed by atoms with Crippen LogP contribution in [0.5, 0.6) is 0 Å². The van der Waals surface area contributed by atoms with Crippen LogP contribution in [0.4, 0.5) is 4.79 Å². The van der Waals surface area contributed by atoms with E-state index in [0.29, 0.717) is 0 Å². The zero-order valence-electron chi connectivity index (χ0n) is 10.9. The fourth-order valence-electron chi connectivity index (χ4n) is 2.23. The minimum absolute atomic E-state index is 0.0840. The molecule has 1 aromatic rings. The number of nitrogens with one attached hydrogen (secondary N) is 1. The third-order valence-corrected chi connectivity index (χ3v) is 3.21. The van der Waals surface area contributed by atoms with E-state index < -0.39 is 0 Å². The van der Waals surface area contributed by atoms with Crippen LogP contribution >= 0.6 is 0 Å². The molecule has 1 fully saturated rings. The number of hydrogen-bond acceptors (Lipinski definition) is 2. The second-order valence-corrected chi connectivity index (χ2v) is 4.80. The summed E-state index contributed by atoms with van der Waals surface area (Å²) in [6.45, 7) is 4.47. The Morgan fingerprint density at radius 2 is 2.11 bits per heavy atom. The van der Waals surface area contributed by atoms with Gasteiger partial charge in [0.15, 0.2) is 0 Å². The predicted octanol–water partition coefficient (Wildman–Crippen LogP) is 1.53. The first-order valence-electron chi connectivity index (χ1n) is 6.51. The molecule has 0 aliphatic carbocycles. The molecule has 4 heteroatoms. The Morgan fingerprint density at radius 3 is 2.78 bits per heavy atom. The largest absolute Gasteiger partial charge is 0.336 e. The fraction of sp³-hybridized carbons (Fsp3) is 0.500. The van der Waals surface area contributed by atoms with Gasteiger partial charge in [0.05, 0.1) is 0 Å². The molecule has 1 N–H and O–H groups in total. The third kappa shape index (κ3) is 3.74. The summed E-state index contributed by atoms with van der Waals surface area (Å²) in [5.41, 5.74) is 1.33. The number of amides is 2. The van der Waals surface area contributed by atoms with Crippen molar-refractivity contribution in [3.05, 3.63) is 35.9 Å². The molecule has 0 radical (unpaired) electrons. The topological polar surface area (TPSA) is 35.6 Å². The molecule has 1 saturated heterocycles. The number of hydrogen-bond donors (Lipinski definition) is 1. The van der Waals surface area contributed by atoms with Gasteiger partial charge < -0.3 is 15.1 Å². The summed E-state index contributed by atoms with van der Waals surface area (Å²) in [4.78, 5) is 15.5. The molecule has 2 rings (SSSR count). The minimum atomic E-state index is 0.0840. The number of carbonyl (C=O) groups is 1. The Bertz CT molecular complexity index is 380. The zero-order valence-corrected chi connectivity index (χ0v) is 10.9. The zero-order chi connectivity index (χ0) is 12.8. The van der Waals surface area contributed by atoms with Crippen LogP contribution in [0.3, 0.4) is 0 Å². The van der Waals surface area contributed by atoms with Crippen molar-refractivity contribution in [2.24, 2.45) is 0 Å². The van der Waals surface area contributed by atoms with Crippen molar-refractivity contribution >= 4 is 6.03 Å². The number of carbonyl (C=O) groups excluding carboxylic acids is 1. The summed E-state index contributed by atoms with van der Waals surface area (Å²) < 4.78 is 0. The van der Waals surface area contributed by atoms with Crippen LogP contribution in [0.25, 0.3) is 0 Å². The summed E-state index contributed by atoms with van der Waals surface area (Å²) in [5, 5.41) is 2.82. The van der Waals surface area contributed by atoms with Crippen molar-refractivity contribution in [1.82, 2.24) is 15.1 Å². The summed E-state index contributed by atoms with van der Waals surface area (Å²) in [6.07, 6.45) is 1.02. The van der Waals surface area contributed by atoms with Crippen LogP contribution < -0.4 is 5.32 Å². The van der Waals surface area contributed by atoms with Crippen molar-refractivity contribution in [1.29, 1.82) is 0 Å². The highest BCUT2D eigenvalue weighted by atomic mass is 16.2. The first-order chi connectivity index (χ1) is 8.75. The van der Waals surface area contributed by atoms with Crippen molar-refractivity contribution < 1.29 is 4.79 Å². The van der Waals surface area contributed by atoms with Gasteiger partial charge in [-0.3, -0.25) is 0 Å². The van der Waals surface area contributed by atoms with E-state index >= 15 is 0 Å². The minimum Gasteiger partial charge on any atom is -0.336 e. The summed E-state index contributed by atoms with van der Waals surface area (Å²) in [7, 11) is 2.12. The molecule has 1 aliphatic heterocycles. The monoisotopic (exact) mass is 247 g/mol. The van der Waals surface area contributed by atoms with Gasteiger partial charge in [-0.05, 0) is 25.6 Å². The van der Waals surface area contributed by atoms with E-state index in [4.69, 9.17) is 0 Å². The Kier molecular flexibility index (Phi) is 4.59. The van der Waals surface area contributed by atoms with Crippen molar-refractivity contribution in [2.75, 3.05) is 33.2 Å². The maximum absolute atomic E-state index is 11.3. The Balaban J connectivity index is 1.66. The van der Waals surface area contributed by atoms with Crippen LogP contribution in [0.1, 0.15) is 12.0 Å². The standard InChI is InChI=1S/C14H21N3O/c1-16(12-13-6-3-2-4-7-13)9-5-10-17-11-8-15-14(17)18/h2-4,6-7H,5,8-12H2,1H3,(H,15,18). The molecule has 1 aliphatic rings. The van der Waals surface area contributed by atoms with E-state index in [1.165, 1.54) is 5.56 Å². The SMILES string of the molecule is CN(CCCN1CCNC1=O)Cc1ccccc1. The molecule has 1 aromatic carbocycles. The van der Waals surface area contributed by atoms with Gasteiger partial charge in [0, 0.05) is 26.2 Å². The third-order valence-electron chi connectivity index (χ3n) is 3.21. The van der Waals surface area contributed by atoms with Crippen molar-refractivity contribution in [3.63, 3.8) is 0 Å². The summed E-state index contributed by atoms with van der Waals surface area (Å²) in [5.74, 6) is 0. The van der Waals surface area contributed by atoms with Gasteiger partial charge in [0.25, 0.3) is 0 Å². The van der Waals surface area contributed by atoms with Gasteiger partial charge in [-0.1, -0.05) is 30.3 Å². The lowest BCUT2D eigenvalue weighted by molar-refractivity contribution is 0.213. The highest BCUT2D eigenvalue weighted by molar-refractivity contribution is 5.76. The van der Waals surface area contributed by atoms with Gasteiger partial charge >= 0.3 is 6.03 Å². The Hall–Kier alpha value is -1.55. The Labute approximate surface area is 109 Å². The number of urea groups is 1. The molecule has 2 amide bonds. The average Bonchev–Trinajstić information content (AvgIpc) is 2.76. The van der Waals surface area contributed by atoms with Crippen LogP contribution in [0.15, 0.2) is 30.3 Å². The molecular weight excluding hydrogens is 226 g/mol. The normalized spacial score (nSPS) is 15.2. The van der Waals surface area contributed by atoms with Gasteiger partial charge in [-0.15, -0.1) is 0 Å². The van der Waals surface area contributed by atoms with Crippen molar-refractivity contribution in [2.45, 2.75) is 13.0 Å². The first kappa shape index (κ1) is 12.9. The smallest absolute Gasteiger partial charge is 0.317 e. The molecule has 4 nitrogen and oxygen atoms in total. The molecule has 18 heavy (non-hydrogen) atoms. The van der Waals surface area contributed by atoms with Crippen LogP contribution in [-0.4, -0.2) is 49.1 Å². The number of rotatable bonds is 6. The maximum Gasteiger partial charge on any atom is 0.317 e. The molecule has 0 unspecified atom stereocenters. The van der Waals surface area contributed by atoms with Crippen LogP contribution in [0, 0.1) is 0 Å². The highest BCUT2D eigenvalue weighted by Crippen LogP contribution is 2.04. The highest BCUT2D eigenvalue weighted by Gasteiger charge is 2.18. The molecule has 0 bridgehead atoms. The van der Waals surface area contributed by atoms with E-state index in [9.17, 15) is 4.79 Å². The lowest BCUT2D eigenvalue weighted by Gasteiger charge is -2.19. The van der Waals surface area contributed by atoms with Gasteiger partial charge in [0.1, 0.15) is 0 Å². The predicted molar refractivity (Wildman–Crippen MR) is 72.4 cm³/mol. The fourth-order valence-corrected chi connectivity index (χ4v) is 2.23. The van der Waals surface area contributed by atoms with E-state index in [2.05, 4.69) is 41.5 Å². The Morgan fingerprint density at radius 1 is 1.33 bits per heavy atom. The summed E-state index contributed by atoms with van der Waals surface area (Å²) >= 11 is 0. The van der Waals surface area contributed by atoms with E-state index in [1.807, 2.05) is 11.0 Å². The lowest BCUT2D eigenvalue weighted by atomic mass is 10.2. The molecule has 1 heterocycles. The maximum atomic E-state index is 11.3. The van der Waals surface area contributed by atoms with Gasteiger partial charge in [-0.2, -0.15) is 0 Å². The number of benzene rings is 1. The molecular formula is C14H21N3O. The average molecular weight is 247 g/mol. The van der Waals surface area contributed by atoms with Crippen LogP contribution in [0.2, 0.25) is 0 Å².